The van der Waals surface area contributed by atoms with Gasteiger partial charge in [-0.3, -0.25) is 0 Å². The molecule has 1 N–H and O–H groups in total. The van der Waals surface area contributed by atoms with Crippen molar-refractivity contribution in [2.75, 3.05) is 11.9 Å². The normalized spacial score (nSPS) is 10.3. The summed E-state index contributed by atoms with van der Waals surface area (Å²) in [4.78, 5) is 12.8. The molecule has 5 heteroatoms. The summed E-state index contributed by atoms with van der Waals surface area (Å²) in [5.41, 5.74) is 1.53. The van der Waals surface area contributed by atoms with E-state index in [1.807, 2.05) is 30.5 Å². The van der Waals surface area contributed by atoms with Gasteiger partial charge in [0.15, 0.2) is 0 Å². The average Bonchev–Trinajstić information content (AvgIpc) is 2.89. The smallest absolute Gasteiger partial charge is 0.338 e. The first-order chi connectivity index (χ1) is 9.69. The van der Waals surface area contributed by atoms with Crippen LogP contribution < -0.4 is 5.32 Å². The number of thiophene rings is 1. The highest BCUT2D eigenvalue weighted by Crippen LogP contribution is 2.20. The van der Waals surface area contributed by atoms with Crippen molar-refractivity contribution in [1.82, 2.24) is 0 Å². The lowest BCUT2D eigenvalue weighted by Gasteiger charge is -2.06. The van der Waals surface area contributed by atoms with Crippen LogP contribution >= 0.6 is 22.9 Å². The van der Waals surface area contributed by atoms with E-state index in [0.29, 0.717) is 12.2 Å². The lowest BCUT2D eigenvalue weighted by molar-refractivity contribution is 0.0505. The first-order valence-electron chi connectivity index (χ1n) is 6.43. The minimum absolute atomic E-state index is 0.275. The van der Waals surface area contributed by atoms with E-state index in [1.165, 1.54) is 4.88 Å². The zero-order valence-corrected chi connectivity index (χ0v) is 12.8. The molecule has 106 valence electrons. The molecule has 2 rings (SSSR count). The highest BCUT2D eigenvalue weighted by atomic mass is 35.5. The van der Waals surface area contributed by atoms with Crippen molar-refractivity contribution in [2.24, 2.45) is 0 Å². The molecule has 2 aromatic rings. The Bertz CT molecular complexity index is 566. The maximum absolute atomic E-state index is 11.6. The fourth-order valence-electron chi connectivity index (χ4n) is 1.64. The Morgan fingerprint density at radius 3 is 2.70 bits per heavy atom. The fraction of sp³-hybridized carbons (Fsp3) is 0.267. The number of ether oxygens (including phenoxy) is 1. The van der Waals surface area contributed by atoms with Crippen LogP contribution in [-0.4, -0.2) is 12.6 Å². The van der Waals surface area contributed by atoms with E-state index in [0.717, 1.165) is 23.7 Å². The average molecular weight is 310 g/mol. The van der Waals surface area contributed by atoms with Crippen LogP contribution in [0.2, 0.25) is 5.02 Å². The molecule has 20 heavy (non-hydrogen) atoms. The molecule has 0 radical (unpaired) electrons. The van der Waals surface area contributed by atoms with Crippen LogP contribution in [0.15, 0.2) is 35.7 Å². The Hall–Kier alpha value is -1.52. The second-order valence-electron chi connectivity index (χ2n) is 4.30. The van der Waals surface area contributed by atoms with Gasteiger partial charge in [-0.25, -0.2) is 4.79 Å². The first kappa shape index (κ1) is 14.9. The molecular formula is C15H16ClNO2S. The van der Waals surface area contributed by atoms with Crippen LogP contribution in [-0.2, 0) is 11.3 Å². The molecule has 0 saturated heterocycles. The maximum atomic E-state index is 11.6. The van der Waals surface area contributed by atoms with Crippen molar-refractivity contribution in [3.8, 4) is 0 Å². The summed E-state index contributed by atoms with van der Waals surface area (Å²) in [6.07, 6.45) is 0.828. The summed E-state index contributed by atoms with van der Waals surface area (Å²) in [7, 11) is 0. The molecule has 0 fully saturated rings. The van der Waals surface area contributed by atoms with Gasteiger partial charge in [0.25, 0.3) is 0 Å². The van der Waals surface area contributed by atoms with Gasteiger partial charge in [0.1, 0.15) is 0 Å². The molecule has 0 aliphatic carbocycles. The molecule has 0 bridgehead atoms. The predicted octanol–water partition coefficient (Wildman–Crippen LogP) is 4.58. The van der Waals surface area contributed by atoms with Crippen LogP contribution in [0.4, 0.5) is 5.69 Å². The number of esters is 1. The zero-order chi connectivity index (χ0) is 14.4. The summed E-state index contributed by atoms with van der Waals surface area (Å²) < 4.78 is 5.08. The third kappa shape index (κ3) is 4.25. The number of benzene rings is 1. The second-order valence-corrected chi connectivity index (χ2v) is 5.73. The summed E-state index contributed by atoms with van der Waals surface area (Å²) in [6.45, 7) is 3.14. The van der Waals surface area contributed by atoms with Gasteiger partial charge in [0.2, 0.25) is 0 Å². The van der Waals surface area contributed by atoms with Gasteiger partial charge in [0.05, 0.1) is 17.2 Å². The van der Waals surface area contributed by atoms with Crippen LogP contribution in [0.5, 0.6) is 0 Å². The van der Waals surface area contributed by atoms with Gasteiger partial charge in [-0.05, 0) is 36.8 Å². The SMILES string of the molecule is CCCOC(=O)c1ccc(NCc2cc(Cl)cs2)cc1. The van der Waals surface area contributed by atoms with E-state index in [9.17, 15) is 4.79 Å². The Kier molecular flexibility index (Phi) is 5.44. The monoisotopic (exact) mass is 309 g/mol. The van der Waals surface area contributed by atoms with Gasteiger partial charge < -0.3 is 10.1 Å². The van der Waals surface area contributed by atoms with Crippen LogP contribution in [0, 0.1) is 0 Å². The van der Waals surface area contributed by atoms with E-state index in [4.69, 9.17) is 16.3 Å². The van der Waals surface area contributed by atoms with Gasteiger partial charge in [-0.1, -0.05) is 18.5 Å². The second kappa shape index (κ2) is 7.31. The minimum Gasteiger partial charge on any atom is -0.462 e. The minimum atomic E-state index is -0.275. The van der Waals surface area contributed by atoms with E-state index < -0.39 is 0 Å². The summed E-state index contributed by atoms with van der Waals surface area (Å²) in [6, 6.07) is 9.22. The van der Waals surface area contributed by atoms with Crippen molar-refractivity contribution in [1.29, 1.82) is 0 Å². The molecule has 0 atom stereocenters. The van der Waals surface area contributed by atoms with Gasteiger partial charge >= 0.3 is 5.97 Å². The van der Waals surface area contributed by atoms with Crippen molar-refractivity contribution in [2.45, 2.75) is 19.9 Å². The molecule has 0 saturated carbocycles. The topological polar surface area (TPSA) is 38.3 Å². The lowest BCUT2D eigenvalue weighted by atomic mass is 10.2. The Morgan fingerprint density at radius 1 is 1.35 bits per heavy atom. The molecule has 3 nitrogen and oxygen atoms in total. The summed E-state index contributed by atoms with van der Waals surface area (Å²) >= 11 is 7.49. The molecule has 0 spiro atoms. The van der Waals surface area contributed by atoms with Crippen LogP contribution in [0.25, 0.3) is 0 Å². The third-order valence-corrected chi connectivity index (χ3v) is 3.93. The molecule has 1 heterocycles. The molecule has 0 aliphatic rings. The van der Waals surface area contributed by atoms with Crippen LogP contribution in [0.1, 0.15) is 28.6 Å². The number of halogens is 1. The summed E-state index contributed by atoms with van der Waals surface area (Å²) in [5, 5.41) is 5.96. The van der Waals surface area contributed by atoms with E-state index in [2.05, 4.69) is 5.32 Å². The quantitative estimate of drug-likeness (QED) is 0.794. The van der Waals surface area contributed by atoms with E-state index in [-0.39, 0.29) is 5.97 Å². The standard InChI is InChI=1S/C15H16ClNO2S/c1-2-7-19-15(18)11-3-5-13(6-4-11)17-9-14-8-12(16)10-20-14/h3-6,8,10,17H,2,7,9H2,1H3. The molecular weight excluding hydrogens is 294 g/mol. The highest BCUT2D eigenvalue weighted by Gasteiger charge is 2.06. The number of nitrogens with one attached hydrogen (secondary N) is 1. The number of carbonyl (C=O) groups is 1. The Balaban J connectivity index is 1.89. The predicted molar refractivity (Wildman–Crippen MR) is 83.7 cm³/mol. The summed E-state index contributed by atoms with van der Waals surface area (Å²) in [5.74, 6) is -0.275. The number of anilines is 1. The first-order valence-corrected chi connectivity index (χ1v) is 7.68. The van der Waals surface area contributed by atoms with Crippen molar-refractivity contribution in [3.63, 3.8) is 0 Å². The van der Waals surface area contributed by atoms with E-state index >= 15 is 0 Å². The molecule has 0 unspecified atom stereocenters. The van der Waals surface area contributed by atoms with Gasteiger partial charge in [-0.15, -0.1) is 11.3 Å². The molecule has 0 aliphatic heterocycles. The van der Waals surface area contributed by atoms with E-state index in [1.54, 1.807) is 23.5 Å². The number of carbonyl (C=O) groups excluding carboxylic acids is 1. The zero-order valence-electron chi connectivity index (χ0n) is 11.2. The fourth-order valence-corrected chi connectivity index (χ4v) is 2.65. The van der Waals surface area contributed by atoms with Crippen LogP contribution in [0.3, 0.4) is 0 Å². The highest BCUT2D eigenvalue weighted by molar-refractivity contribution is 7.10. The molecule has 1 aromatic carbocycles. The third-order valence-electron chi connectivity index (χ3n) is 2.65. The lowest BCUT2D eigenvalue weighted by Crippen LogP contribution is -2.06. The van der Waals surface area contributed by atoms with Crippen molar-refractivity contribution in [3.05, 3.63) is 51.2 Å². The largest absolute Gasteiger partial charge is 0.462 e. The Morgan fingerprint density at radius 2 is 2.10 bits per heavy atom. The molecule has 0 amide bonds. The van der Waals surface area contributed by atoms with Crippen molar-refractivity contribution < 1.29 is 9.53 Å². The Labute approximate surface area is 127 Å². The number of hydrogen-bond acceptors (Lipinski definition) is 4. The maximum Gasteiger partial charge on any atom is 0.338 e. The molecule has 1 aromatic heterocycles. The van der Waals surface area contributed by atoms with Crippen molar-refractivity contribution >= 4 is 34.6 Å². The number of hydrogen-bond donors (Lipinski definition) is 1. The number of rotatable bonds is 6. The van der Waals surface area contributed by atoms with Gasteiger partial charge in [0, 0.05) is 22.5 Å². The van der Waals surface area contributed by atoms with Gasteiger partial charge in [-0.2, -0.15) is 0 Å².